The quantitative estimate of drug-likeness (QED) is 0.0169. The summed E-state index contributed by atoms with van der Waals surface area (Å²) in [6.45, 7) is 4.51. The van der Waals surface area contributed by atoms with Crippen LogP contribution in [0.1, 0.15) is 336 Å². The van der Waals surface area contributed by atoms with Crippen molar-refractivity contribution in [1.29, 1.82) is 0 Å². The highest BCUT2D eigenvalue weighted by molar-refractivity contribution is 7.47. The van der Waals surface area contributed by atoms with E-state index in [1.165, 1.54) is 38.5 Å². The molecule has 0 saturated carbocycles. The lowest BCUT2D eigenvalue weighted by molar-refractivity contribution is -0.161. The average molecular weight is 1530 g/mol. The topological polar surface area (TPSA) is 237 Å². The number of phosphoric ester groups is 2. The van der Waals surface area contributed by atoms with Crippen LogP contribution >= 0.6 is 15.6 Å². The second kappa shape index (κ2) is 78.3. The molecule has 5 atom stereocenters. The van der Waals surface area contributed by atoms with E-state index in [0.717, 1.165) is 218 Å². The maximum atomic E-state index is 13.1. The first-order valence-corrected chi connectivity index (χ1v) is 44.4. The second-order valence-corrected chi connectivity index (χ2v) is 30.2. The van der Waals surface area contributed by atoms with Gasteiger partial charge in [-0.15, -0.1) is 0 Å². The monoisotopic (exact) mass is 1530 g/mol. The molecule has 19 heteroatoms. The van der Waals surface area contributed by atoms with Gasteiger partial charge in [0.15, 0.2) is 12.2 Å². The molecule has 0 aromatic carbocycles. The van der Waals surface area contributed by atoms with E-state index in [2.05, 4.69) is 161 Å². The number of rotatable bonds is 77. The van der Waals surface area contributed by atoms with E-state index in [-0.39, 0.29) is 25.7 Å². The number of esters is 4. The SMILES string of the molecule is CC/C=C\C/C=C\C/C=C\C/C=C\CCCCCCCCC(=O)OCC(COP(=O)(O)OCC(O)COP(=O)(O)OCC(COC(=O)CCCCCCC/C=C\C/C=C\C/C=C\CC)OC(=O)CCCCCCC/C=C\CCCCCCCC)OC(=O)CCCCCCCCC/C=C\C/C=C\C/C=C\CC. The van der Waals surface area contributed by atoms with Crippen molar-refractivity contribution >= 4 is 39.5 Å². The Morgan fingerprint density at radius 2 is 0.491 bits per heavy atom. The summed E-state index contributed by atoms with van der Waals surface area (Å²) < 4.78 is 68.7. The third-order valence-corrected chi connectivity index (χ3v) is 19.0. The molecule has 0 radical (unpaired) electrons. The lowest BCUT2D eigenvalue weighted by atomic mass is 10.1. The van der Waals surface area contributed by atoms with Gasteiger partial charge in [-0.1, -0.05) is 290 Å². The van der Waals surface area contributed by atoms with E-state index in [9.17, 15) is 43.2 Å². The number of aliphatic hydroxyl groups is 1. The van der Waals surface area contributed by atoms with Gasteiger partial charge in [0.25, 0.3) is 0 Å². The van der Waals surface area contributed by atoms with Crippen LogP contribution < -0.4 is 0 Å². The zero-order valence-corrected chi connectivity index (χ0v) is 68.4. The summed E-state index contributed by atoms with van der Waals surface area (Å²) >= 11 is 0. The fraction of sp³-hybridized carbons (Fsp3) is 0.701. The molecule has 0 aromatic heterocycles. The van der Waals surface area contributed by atoms with Crippen molar-refractivity contribution in [2.24, 2.45) is 0 Å². The maximum absolute atomic E-state index is 13.1. The Morgan fingerprint density at radius 1 is 0.274 bits per heavy atom. The van der Waals surface area contributed by atoms with Crippen LogP contribution in [-0.2, 0) is 65.4 Å². The van der Waals surface area contributed by atoms with Gasteiger partial charge in [0, 0.05) is 25.7 Å². The first-order chi connectivity index (χ1) is 51.7. The molecule has 0 amide bonds. The molecule has 17 nitrogen and oxygen atoms in total. The molecule has 0 saturated heterocycles. The van der Waals surface area contributed by atoms with Crippen LogP contribution in [0.2, 0.25) is 0 Å². The van der Waals surface area contributed by atoms with Gasteiger partial charge in [-0.25, -0.2) is 9.13 Å². The number of carbonyl (C=O) groups is 4. The zero-order valence-electron chi connectivity index (χ0n) is 66.6. The van der Waals surface area contributed by atoms with Gasteiger partial charge in [0.1, 0.15) is 19.3 Å². The summed E-state index contributed by atoms with van der Waals surface area (Å²) in [7, 11) is -9.98. The molecule has 106 heavy (non-hydrogen) atoms. The number of ether oxygens (including phenoxy) is 4. The molecule has 0 fully saturated rings. The van der Waals surface area contributed by atoms with Crippen molar-refractivity contribution in [3.05, 3.63) is 134 Å². The van der Waals surface area contributed by atoms with Gasteiger partial charge < -0.3 is 33.8 Å². The highest BCUT2D eigenvalue weighted by Crippen LogP contribution is 2.45. The fourth-order valence-electron chi connectivity index (χ4n) is 10.9. The molecule has 0 aliphatic heterocycles. The van der Waals surface area contributed by atoms with Crippen molar-refractivity contribution in [2.45, 2.75) is 354 Å². The van der Waals surface area contributed by atoms with Gasteiger partial charge in [-0.2, -0.15) is 0 Å². The molecular weight excluding hydrogens is 1380 g/mol. The molecule has 0 aliphatic rings. The predicted octanol–water partition coefficient (Wildman–Crippen LogP) is 24.4. The smallest absolute Gasteiger partial charge is 0.462 e. The minimum absolute atomic E-state index is 0.0770. The van der Waals surface area contributed by atoms with E-state index in [1.807, 2.05) is 0 Å². The molecular formula is C87H148O17P2. The number of hydrogen-bond acceptors (Lipinski definition) is 15. The first-order valence-electron chi connectivity index (χ1n) is 41.4. The van der Waals surface area contributed by atoms with Crippen molar-refractivity contribution in [1.82, 2.24) is 0 Å². The fourth-order valence-corrected chi connectivity index (χ4v) is 12.5. The Labute approximate surface area is 644 Å². The number of phosphoric acid groups is 2. The zero-order chi connectivity index (χ0) is 77.4. The van der Waals surface area contributed by atoms with Crippen LogP contribution in [0, 0.1) is 0 Å². The average Bonchev–Trinajstić information content (AvgIpc) is 0.902. The number of carbonyl (C=O) groups excluding carboxylic acids is 4. The highest BCUT2D eigenvalue weighted by atomic mass is 31.2. The minimum Gasteiger partial charge on any atom is -0.462 e. The maximum Gasteiger partial charge on any atom is 0.472 e. The van der Waals surface area contributed by atoms with E-state index in [0.29, 0.717) is 25.7 Å². The van der Waals surface area contributed by atoms with Crippen LogP contribution in [-0.4, -0.2) is 96.7 Å². The Kier molecular flexibility index (Phi) is 74.8. The van der Waals surface area contributed by atoms with Crippen LogP contribution in [0.5, 0.6) is 0 Å². The van der Waals surface area contributed by atoms with Crippen LogP contribution in [0.25, 0.3) is 0 Å². The molecule has 0 aromatic rings. The molecule has 5 unspecified atom stereocenters. The summed E-state index contributed by atoms with van der Waals surface area (Å²) in [5.41, 5.74) is 0. The van der Waals surface area contributed by atoms with Crippen molar-refractivity contribution in [3.63, 3.8) is 0 Å². The number of allylic oxidation sites excluding steroid dienone is 22. The van der Waals surface area contributed by atoms with Gasteiger partial charge in [0.2, 0.25) is 0 Å². The Bertz CT molecular complexity index is 2530. The Hall–Kier alpha value is -4.80. The van der Waals surface area contributed by atoms with E-state index in [4.69, 9.17) is 37.0 Å². The van der Waals surface area contributed by atoms with Crippen molar-refractivity contribution < 1.29 is 80.2 Å². The third kappa shape index (κ3) is 77.4. The van der Waals surface area contributed by atoms with Gasteiger partial charge in [0.05, 0.1) is 26.4 Å². The summed E-state index contributed by atoms with van der Waals surface area (Å²) in [4.78, 5) is 73.2. The van der Waals surface area contributed by atoms with E-state index < -0.39 is 97.5 Å². The largest absolute Gasteiger partial charge is 0.472 e. The third-order valence-electron chi connectivity index (χ3n) is 17.1. The summed E-state index contributed by atoms with van der Waals surface area (Å²) in [5.74, 6) is -2.22. The second-order valence-electron chi connectivity index (χ2n) is 27.3. The van der Waals surface area contributed by atoms with E-state index >= 15 is 0 Å². The highest BCUT2D eigenvalue weighted by Gasteiger charge is 2.30. The first kappa shape index (κ1) is 101. The molecule has 0 bridgehead atoms. The predicted molar refractivity (Wildman–Crippen MR) is 436 cm³/mol. The summed E-state index contributed by atoms with van der Waals surface area (Å²) in [6, 6.07) is 0. The van der Waals surface area contributed by atoms with Crippen LogP contribution in [0.3, 0.4) is 0 Å². The Balaban J connectivity index is 5.40. The molecule has 0 heterocycles. The lowest BCUT2D eigenvalue weighted by Crippen LogP contribution is -2.30. The van der Waals surface area contributed by atoms with Crippen molar-refractivity contribution in [2.75, 3.05) is 39.6 Å². The van der Waals surface area contributed by atoms with Crippen LogP contribution in [0.15, 0.2) is 134 Å². The molecule has 0 aliphatic carbocycles. The molecule has 608 valence electrons. The molecule has 3 N–H and O–H groups in total. The van der Waals surface area contributed by atoms with Gasteiger partial charge >= 0.3 is 39.5 Å². The van der Waals surface area contributed by atoms with Crippen molar-refractivity contribution in [3.8, 4) is 0 Å². The normalized spacial score (nSPS) is 14.5. The lowest BCUT2D eigenvalue weighted by Gasteiger charge is -2.21. The van der Waals surface area contributed by atoms with Gasteiger partial charge in [-0.05, 0) is 154 Å². The van der Waals surface area contributed by atoms with Gasteiger partial charge in [-0.3, -0.25) is 37.3 Å². The summed E-state index contributed by atoms with van der Waals surface area (Å²) in [5, 5.41) is 10.7. The summed E-state index contributed by atoms with van der Waals surface area (Å²) in [6.07, 6.45) is 88.4. The van der Waals surface area contributed by atoms with Crippen LogP contribution in [0.4, 0.5) is 0 Å². The number of unbranched alkanes of at least 4 members (excludes halogenated alkanes) is 29. The number of aliphatic hydroxyl groups excluding tert-OH is 1. The number of hydrogen-bond donors (Lipinski definition) is 3. The molecule has 0 spiro atoms. The molecule has 0 rings (SSSR count). The standard InChI is InChI=1S/C87H148O17P2/c1-5-9-13-17-21-25-29-33-37-39-40-42-45-48-52-56-60-64-68-72-85(90)98-78-83(104-87(92)74-70-66-62-58-54-50-46-41-38-34-30-26-22-18-14-10-6-2)80-102-106(95,96)100-76-81(88)75-99-105(93,94)101-79-82(103-86(91)73-69-65-61-57-53-49-44-36-32-28-24-20-16-12-8-4)77-97-84(89)71-67-63-59-55-51-47-43-35-31-27-23-19-15-11-7-3/h9-11,13-15,21-23,25-27,33-38,40,42-44,81-83,88H,5-8,12,16-20,24,28-32,39,41,45-80H2,1-4H3,(H,93,94)(H,95,96)/b13-9-,14-10-,15-11-,25-21-,26-22-,27-23-,37-33-,38-34-,42-40-,43-35-,44-36-. The van der Waals surface area contributed by atoms with E-state index in [1.54, 1.807) is 0 Å². The Morgan fingerprint density at radius 3 is 0.764 bits per heavy atom. The minimum atomic E-state index is -4.99.